The summed E-state index contributed by atoms with van der Waals surface area (Å²) in [7, 11) is 1.50. The maximum absolute atomic E-state index is 9.93. The van der Waals surface area contributed by atoms with Crippen LogP contribution in [0.3, 0.4) is 0 Å². The molecule has 0 saturated carbocycles. The molecule has 0 aliphatic carbocycles. The summed E-state index contributed by atoms with van der Waals surface area (Å²) in [6, 6.07) is 9.95. The zero-order chi connectivity index (χ0) is 19.0. The van der Waals surface area contributed by atoms with Crippen LogP contribution in [0.5, 0.6) is 11.5 Å². The van der Waals surface area contributed by atoms with Gasteiger partial charge in [0.2, 0.25) is 0 Å². The highest BCUT2D eigenvalue weighted by Gasteiger charge is 2.43. The lowest BCUT2D eigenvalue weighted by molar-refractivity contribution is -0.499. The molecule has 0 fully saturated rings. The Balaban J connectivity index is 1.65. The van der Waals surface area contributed by atoms with Crippen molar-refractivity contribution in [2.75, 3.05) is 7.11 Å². The standard InChI is InChI=1S/C18H14BCl2N2O4/c1-25-19-18(23-15-9-12(21)3-6-17(15)27-19)7-4-13(26-19)10-22-14-8-11(20)2-5-16(14)24/h2-10,22,24H,1H3/q-1/p+1/b13-10+. The van der Waals surface area contributed by atoms with E-state index < -0.39 is 6.75 Å². The minimum atomic E-state index is -2.27. The molecule has 2 aliphatic rings. The van der Waals surface area contributed by atoms with Gasteiger partial charge in [-0.2, -0.15) is 0 Å². The molecule has 2 aromatic rings. The Morgan fingerprint density at radius 3 is 2.70 bits per heavy atom. The lowest BCUT2D eigenvalue weighted by Crippen LogP contribution is -2.71. The number of aliphatic imine (C=N–C) groups is 1. The summed E-state index contributed by atoms with van der Waals surface area (Å²) in [6.07, 6.45) is 5.21. The number of rotatable bonds is 3. The quantitative estimate of drug-likeness (QED) is 0.465. The predicted molar refractivity (Wildman–Crippen MR) is 105 cm³/mol. The van der Waals surface area contributed by atoms with Gasteiger partial charge in [-0.25, -0.2) is 0 Å². The molecule has 138 valence electrons. The third-order valence-electron chi connectivity index (χ3n) is 4.25. The van der Waals surface area contributed by atoms with Crippen LogP contribution in [0.25, 0.3) is 0 Å². The van der Waals surface area contributed by atoms with Crippen LogP contribution in [0.1, 0.15) is 0 Å². The smallest absolute Gasteiger partial charge is 0.541 e. The van der Waals surface area contributed by atoms with Crippen molar-refractivity contribution >= 4 is 46.9 Å². The van der Waals surface area contributed by atoms with Gasteiger partial charge in [-0.05, 0) is 49.1 Å². The Morgan fingerprint density at radius 2 is 1.89 bits per heavy atom. The van der Waals surface area contributed by atoms with Crippen molar-refractivity contribution in [3.8, 4) is 11.5 Å². The fourth-order valence-electron chi connectivity index (χ4n) is 2.89. The van der Waals surface area contributed by atoms with E-state index in [9.17, 15) is 5.11 Å². The van der Waals surface area contributed by atoms with Crippen molar-refractivity contribution in [2.45, 2.75) is 0 Å². The van der Waals surface area contributed by atoms with Gasteiger partial charge >= 0.3 is 6.75 Å². The Labute approximate surface area is 165 Å². The van der Waals surface area contributed by atoms with E-state index in [2.05, 4.69) is 4.99 Å². The average molecular weight is 405 g/mol. The molecule has 4 rings (SSSR count). The van der Waals surface area contributed by atoms with Gasteiger partial charge in [-0.1, -0.05) is 29.3 Å². The summed E-state index contributed by atoms with van der Waals surface area (Å²) in [5.74, 6) is 1.13. The van der Waals surface area contributed by atoms with E-state index >= 15 is 0 Å². The summed E-state index contributed by atoms with van der Waals surface area (Å²) in [5.41, 5.74) is 1.70. The van der Waals surface area contributed by atoms with Gasteiger partial charge in [-0.3, -0.25) is 10.3 Å². The molecular weight excluding hydrogens is 390 g/mol. The number of phenolic OH excluding ortho intramolecular Hbond substituents is 1. The number of fused-ring (bicyclic) bond motifs is 2. The first-order valence-electron chi connectivity index (χ1n) is 8.16. The maximum atomic E-state index is 9.93. The lowest BCUT2D eigenvalue weighted by Gasteiger charge is -2.45. The largest absolute Gasteiger partial charge is 0.654 e. The third kappa shape index (κ3) is 3.42. The highest BCUT2D eigenvalue weighted by Crippen LogP contribution is 2.39. The molecular formula is C18H15BCl2N2O4. The van der Waals surface area contributed by atoms with Crippen LogP contribution in [0.2, 0.25) is 10.0 Å². The zero-order valence-corrected chi connectivity index (χ0v) is 15.7. The van der Waals surface area contributed by atoms with Crippen LogP contribution in [-0.2, 0) is 9.31 Å². The van der Waals surface area contributed by atoms with Gasteiger partial charge < -0.3 is 19.1 Å². The molecule has 9 heteroatoms. The second-order valence-electron chi connectivity index (χ2n) is 6.03. The Hall–Kier alpha value is -2.45. The van der Waals surface area contributed by atoms with E-state index in [1.807, 2.05) is 0 Å². The third-order valence-corrected chi connectivity index (χ3v) is 4.72. The number of nitrogens with zero attached hydrogens (tertiary/aromatic N) is 1. The van der Waals surface area contributed by atoms with Crippen LogP contribution in [0, 0.1) is 0 Å². The number of allylic oxidation sites excluding steroid dienone is 2. The minimum Gasteiger partial charge on any atom is -0.654 e. The number of hydrogen-bond donors (Lipinski definition) is 2. The van der Waals surface area contributed by atoms with Crippen LogP contribution >= 0.6 is 23.2 Å². The molecule has 3 N–H and O–H groups in total. The van der Waals surface area contributed by atoms with Gasteiger partial charge in [0.15, 0.2) is 11.4 Å². The Morgan fingerprint density at radius 1 is 1.11 bits per heavy atom. The molecule has 6 nitrogen and oxygen atoms in total. The molecule has 2 aromatic carbocycles. The average Bonchev–Trinajstić information content (AvgIpc) is 2.67. The number of hydrogen-bond acceptors (Lipinski definition) is 5. The van der Waals surface area contributed by atoms with E-state index in [4.69, 9.17) is 37.2 Å². The minimum absolute atomic E-state index is 0.116. The lowest BCUT2D eigenvalue weighted by atomic mass is 9.68. The van der Waals surface area contributed by atoms with Gasteiger partial charge in [0.05, 0.1) is 11.4 Å². The second-order valence-corrected chi connectivity index (χ2v) is 6.91. The summed E-state index contributed by atoms with van der Waals surface area (Å²) < 4.78 is 17.6. The van der Waals surface area contributed by atoms with Crippen LogP contribution in [0.4, 0.5) is 11.4 Å². The molecule has 2 heterocycles. The first kappa shape index (κ1) is 17.9. The molecule has 0 spiro atoms. The molecule has 0 bridgehead atoms. The van der Waals surface area contributed by atoms with Gasteiger partial charge in [-0.15, -0.1) is 0 Å². The summed E-state index contributed by atoms with van der Waals surface area (Å²) >= 11 is 12.0. The number of nitrogens with two attached hydrogens (primary N) is 1. The van der Waals surface area contributed by atoms with Gasteiger partial charge in [0, 0.05) is 16.1 Å². The molecule has 0 saturated heterocycles. The SMILES string of the molecule is CO[B-]12O/C(=C/[NH2+]c3cc(Cl)ccc3O)C=CC1=Nc1cc(Cl)ccc1O2. The first-order chi connectivity index (χ1) is 13.0. The van der Waals surface area contributed by atoms with Crippen molar-refractivity contribution in [3.63, 3.8) is 0 Å². The van der Waals surface area contributed by atoms with Crippen LogP contribution in [-0.4, -0.2) is 24.6 Å². The van der Waals surface area contributed by atoms with E-state index in [-0.39, 0.29) is 5.75 Å². The van der Waals surface area contributed by atoms with Crippen molar-refractivity contribution in [3.05, 3.63) is 70.6 Å². The summed E-state index contributed by atoms with van der Waals surface area (Å²) in [5, 5.41) is 12.7. The monoisotopic (exact) mass is 404 g/mol. The molecule has 1 unspecified atom stereocenters. The highest BCUT2D eigenvalue weighted by atomic mass is 35.5. The number of aromatic hydroxyl groups is 1. The number of benzene rings is 2. The van der Waals surface area contributed by atoms with Crippen molar-refractivity contribution in [2.24, 2.45) is 4.99 Å². The predicted octanol–water partition coefficient (Wildman–Crippen LogP) is 3.61. The summed E-state index contributed by atoms with van der Waals surface area (Å²) in [6.45, 7) is -2.27. The van der Waals surface area contributed by atoms with E-state index in [0.29, 0.717) is 38.5 Å². The topological polar surface area (TPSA) is 76.9 Å². The summed E-state index contributed by atoms with van der Waals surface area (Å²) in [4.78, 5) is 4.55. The number of phenols is 1. The van der Waals surface area contributed by atoms with Gasteiger partial charge in [0.25, 0.3) is 0 Å². The van der Waals surface area contributed by atoms with Crippen molar-refractivity contribution < 1.29 is 24.4 Å². The Kier molecular flexibility index (Phi) is 4.61. The highest BCUT2D eigenvalue weighted by molar-refractivity contribution is 6.96. The van der Waals surface area contributed by atoms with Crippen molar-refractivity contribution in [1.29, 1.82) is 0 Å². The maximum Gasteiger partial charge on any atom is 0.541 e. The Bertz CT molecular complexity index is 1010. The molecule has 2 aliphatic heterocycles. The molecule has 27 heavy (non-hydrogen) atoms. The normalized spacial score (nSPS) is 21.7. The molecule has 0 radical (unpaired) electrons. The second kappa shape index (κ2) is 6.94. The molecule has 1 atom stereocenters. The van der Waals surface area contributed by atoms with E-state index in [0.717, 1.165) is 0 Å². The van der Waals surface area contributed by atoms with Crippen LogP contribution < -0.4 is 9.97 Å². The van der Waals surface area contributed by atoms with Crippen LogP contribution in [0.15, 0.2) is 65.5 Å². The zero-order valence-electron chi connectivity index (χ0n) is 14.2. The first-order valence-corrected chi connectivity index (χ1v) is 8.91. The van der Waals surface area contributed by atoms with Gasteiger partial charge in [0.1, 0.15) is 12.0 Å². The van der Waals surface area contributed by atoms with E-state index in [1.54, 1.807) is 54.0 Å². The fourth-order valence-corrected chi connectivity index (χ4v) is 3.24. The fraction of sp³-hybridized carbons (Fsp3) is 0.0556. The van der Waals surface area contributed by atoms with E-state index in [1.165, 1.54) is 13.2 Å². The molecule has 0 amide bonds. The number of quaternary nitrogens is 1. The number of halogens is 2. The van der Waals surface area contributed by atoms with Crippen molar-refractivity contribution in [1.82, 2.24) is 0 Å². The molecule has 0 aromatic heterocycles.